The fourth-order valence-electron chi connectivity index (χ4n) is 1.97. The molecule has 0 heterocycles. The lowest BCUT2D eigenvalue weighted by atomic mass is 10.1. The molecule has 0 aromatic heterocycles. The highest BCUT2D eigenvalue weighted by Gasteiger charge is 2.12. The summed E-state index contributed by atoms with van der Waals surface area (Å²) in [4.78, 5) is 0. The normalized spacial score (nSPS) is 10.6. The highest BCUT2D eigenvalue weighted by Crippen LogP contribution is 2.27. The van der Waals surface area contributed by atoms with E-state index < -0.39 is 5.82 Å². The summed E-state index contributed by atoms with van der Waals surface area (Å²) in [5.74, 6) is -0.155. The van der Waals surface area contributed by atoms with Crippen molar-refractivity contribution in [2.45, 2.75) is 26.7 Å². The molecule has 2 aromatic rings. The molecule has 0 saturated heterocycles. The Kier molecular flexibility index (Phi) is 4.71. The highest BCUT2D eigenvalue weighted by atomic mass is 19.1. The minimum atomic E-state index is -0.499. The number of benzene rings is 2. The van der Waals surface area contributed by atoms with Crippen LogP contribution in [-0.2, 0) is 19.8 Å². The molecule has 2 aromatic carbocycles. The summed E-state index contributed by atoms with van der Waals surface area (Å²) in [5.41, 5.74) is 2.79. The van der Waals surface area contributed by atoms with Crippen LogP contribution in [0.3, 0.4) is 0 Å². The van der Waals surface area contributed by atoms with Crippen molar-refractivity contribution in [2.75, 3.05) is 0 Å². The maximum absolute atomic E-state index is 13.3. The van der Waals surface area contributed by atoms with E-state index in [4.69, 9.17) is 4.74 Å². The van der Waals surface area contributed by atoms with Crippen LogP contribution >= 0.6 is 0 Å². The second-order valence-corrected chi connectivity index (χ2v) is 4.64. The van der Waals surface area contributed by atoms with Crippen molar-refractivity contribution < 1.29 is 19.3 Å². The lowest BCUT2D eigenvalue weighted by Crippen LogP contribution is -2.03. The fourth-order valence-corrected chi connectivity index (χ4v) is 1.97. The van der Waals surface area contributed by atoms with Gasteiger partial charge in [0.15, 0.2) is 0 Å². The molecule has 106 valence electrons. The molecule has 0 bridgehead atoms. The average Bonchev–Trinajstić information content (AvgIpc) is 2.46. The minimum absolute atomic E-state index is 0.298. The largest absolute Gasteiger partial charge is 0.488 e. The van der Waals surface area contributed by atoms with E-state index in [1.165, 1.54) is 12.1 Å². The van der Waals surface area contributed by atoms with Crippen LogP contribution in [0.25, 0.3) is 0 Å². The van der Waals surface area contributed by atoms with Gasteiger partial charge in [-0.15, -0.1) is 0 Å². The molecule has 0 radical (unpaired) electrons. The van der Waals surface area contributed by atoms with Gasteiger partial charge in [0.25, 0.3) is 0 Å². The lowest BCUT2D eigenvalue weighted by molar-refractivity contribution is 0.241. The Morgan fingerprint density at radius 1 is 1.00 bits per heavy atom. The molecule has 2 N–H and O–H groups in total. The molecule has 0 atom stereocenters. The Hall–Kier alpha value is -1.91. The summed E-state index contributed by atoms with van der Waals surface area (Å²) in [6.07, 6.45) is 0. The fraction of sp³-hybridized carbons (Fsp3) is 0.250. The molecule has 20 heavy (non-hydrogen) atoms. The zero-order chi connectivity index (χ0) is 14.5. The zero-order valence-electron chi connectivity index (χ0n) is 11.3. The van der Waals surface area contributed by atoms with E-state index in [0.29, 0.717) is 23.5 Å². The molecular weight excluding hydrogens is 259 g/mol. The van der Waals surface area contributed by atoms with E-state index >= 15 is 0 Å². The van der Waals surface area contributed by atoms with Gasteiger partial charge in [-0.3, -0.25) is 0 Å². The first-order chi connectivity index (χ1) is 9.63. The van der Waals surface area contributed by atoms with Crippen LogP contribution in [0.1, 0.15) is 22.3 Å². The first-order valence-corrected chi connectivity index (χ1v) is 6.35. The number of aryl methyl sites for hydroxylation is 1. The quantitative estimate of drug-likeness (QED) is 0.882. The molecule has 0 aliphatic rings. The second-order valence-electron chi connectivity index (χ2n) is 4.64. The number of hydrogen-bond donors (Lipinski definition) is 2. The Labute approximate surface area is 117 Å². The first-order valence-electron chi connectivity index (χ1n) is 6.35. The number of aliphatic hydroxyl groups is 2. The van der Waals surface area contributed by atoms with Crippen molar-refractivity contribution >= 4 is 0 Å². The molecule has 0 spiro atoms. The standard InChI is InChI=1S/C16H17FO3/c1-11-2-4-12(5-3-11)10-20-16-13(8-18)6-15(17)7-14(16)9-19/h2-7,18-19H,8-10H2,1H3. The van der Waals surface area contributed by atoms with E-state index in [9.17, 15) is 14.6 Å². The SMILES string of the molecule is Cc1ccc(COc2c(CO)cc(F)cc2CO)cc1. The maximum Gasteiger partial charge on any atom is 0.131 e. The van der Waals surface area contributed by atoms with Gasteiger partial charge in [-0.05, 0) is 24.6 Å². The first kappa shape index (κ1) is 14.5. The molecule has 2 rings (SSSR count). The summed E-state index contributed by atoms with van der Waals surface area (Å²) in [7, 11) is 0. The van der Waals surface area contributed by atoms with E-state index in [2.05, 4.69) is 0 Å². The van der Waals surface area contributed by atoms with Crippen molar-refractivity contribution in [1.29, 1.82) is 0 Å². The molecule has 3 nitrogen and oxygen atoms in total. The van der Waals surface area contributed by atoms with Gasteiger partial charge in [0.1, 0.15) is 18.2 Å². The summed E-state index contributed by atoms with van der Waals surface area (Å²) in [6, 6.07) is 10.3. The molecule has 0 aliphatic carbocycles. The van der Waals surface area contributed by atoms with Crippen LogP contribution < -0.4 is 4.74 Å². The van der Waals surface area contributed by atoms with Crippen LogP contribution in [0.5, 0.6) is 5.75 Å². The van der Waals surface area contributed by atoms with E-state index in [0.717, 1.165) is 11.1 Å². The maximum atomic E-state index is 13.3. The lowest BCUT2D eigenvalue weighted by Gasteiger charge is -2.14. The van der Waals surface area contributed by atoms with Crippen LogP contribution in [0.15, 0.2) is 36.4 Å². The summed E-state index contributed by atoms with van der Waals surface area (Å²) in [5, 5.41) is 18.5. The third-order valence-corrected chi connectivity index (χ3v) is 3.05. The molecule has 0 aliphatic heterocycles. The third-order valence-electron chi connectivity index (χ3n) is 3.05. The summed E-state index contributed by atoms with van der Waals surface area (Å²) in [6.45, 7) is 1.62. The molecule has 0 fully saturated rings. The highest BCUT2D eigenvalue weighted by molar-refractivity contribution is 5.41. The van der Waals surface area contributed by atoms with Gasteiger partial charge in [0, 0.05) is 11.1 Å². The van der Waals surface area contributed by atoms with Gasteiger partial charge < -0.3 is 14.9 Å². The van der Waals surface area contributed by atoms with Gasteiger partial charge in [-0.2, -0.15) is 0 Å². The number of rotatable bonds is 5. The van der Waals surface area contributed by atoms with Crippen molar-refractivity contribution in [2.24, 2.45) is 0 Å². The number of hydrogen-bond acceptors (Lipinski definition) is 3. The van der Waals surface area contributed by atoms with Crippen LogP contribution in [0, 0.1) is 12.7 Å². The van der Waals surface area contributed by atoms with Gasteiger partial charge >= 0.3 is 0 Å². The van der Waals surface area contributed by atoms with Crippen LogP contribution in [-0.4, -0.2) is 10.2 Å². The van der Waals surface area contributed by atoms with E-state index in [-0.39, 0.29) is 13.2 Å². The van der Waals surface area contributed by atoms with Crippen molar-refractivity contribution in [3.63, 3.8) is 0 Å². The van der Waals surface area contributed by atoms with Gasteiger partial charge in [-0.25, -0.2) is 4.39 Å². The van der Waals surface area contributed by atoms with Gasteiger partial charge in [-0.1, -0.05) is 29.8 Å². The van der Waals surface area contributed by atoms with Crippen molar-refractivity contribution in [3.8, 4) is 5.75 Å². The number of ether oxygens (including phenoxy) is 1. The predicted octanol–water partition coefficient (Wildman–Crippen LogP) is 2.70. The Morgan fingerprint density at radius 3 is 2.05 bits per heavy atom. The van der Waals surface area contributed by atoms with Crippen molar-refractivity contribution in [3.05, 3.63) is 64.5 Å². The van der Waals surface area contributed by atoms with E-state index in [1.54, 1.807) is 0 Å². The average molecular weight is 276 g/mol. The third kappa shape index (κ3) is 3.35. The van der Waals surface area contributed by atoms with Crippen molar-refractivity contribution in [1.82, 2.24) is 0 Å². The van der Waals surface area contributed by atoms with Gasteiger partial charge in [0.2, 0.25) is 0 Å². The summed E-state index contributed by atoms with van der Waals surface area (Å²) < 4.78 is 19.0. The Bertz CT molecular complexity index is 554. The molecule has 4 heteroatoms. The van der Waals surface area contributed by atoms with Crippen LogP contribution in [0.2, 0.25) is 0 Å². The minimum Gasteiger partial charge on any atom is -0.488 e. The van der Waals surface area contributed by atoms with Gasteiger partial charge in [0.05, 0.1) is 13.2 Å². The summed E-state index contributed by atoms with van der Waals surface area (Å²) >= 11 is 0. The zero-order valence-corrected chi connectivity index (χ0v) is 11.3. The van der Waals surface area contributed by atoms with E-state index in [1.807, 2.05) is 31.2 Å². The number of aliphatic hydroxyl groups excluding tert-OH is 2. The number of halogens is 1. The van der Waals surface area contributed by atoms with Crippen LogP contribution in [0.4, 0.5) is 4.39 Å². The topological polar surface area (TPSA) is 49.7 Å². The molecular formula is C16H17FO3. The Morgan fingerprint density at radius 2 is 1.55 bits per heavy atom. The smallest absolute Gasteiger partial charge is 0.131 e. The predicted molar refractivity (Wildman–Crippen MR) is 73.8 cm³/mol. The molecule has 0 amide bonds. The molecule has 0 unspecified atom stereocenters. The second kappa shape index (κ2) is 6.50. The monoisotopic (exact) mass is 276 g/mol. The Balaban J connectivity index is 2.21. The molecule has 0 saturated carbocycles.